The molecule has 0 spiro atoms. The SMILES string of the molecule is BC1(B)CC(C2CCCCC2)C(B)(B)c2ccccc21. The molecular weight excluding hydrogens is 235 g/mol. The standard InChI is InChI=1S/C16H26B4/c17-15(18)10-14(11-6-2-1-3-7-11)16(19,20)13-9-5-4-8-12(13)15/h4-5,8-9,11,14H,1-3,6-7,10,17-20H2. The summed E-state index contributed by atoms with van der Waals surface area (Å²) in [4.78, 5) is 0. The molecule has 1 atom stereocenters. The van der Waals surface area contributed by atoms with Crippen molar-refractivity contribution in [3.63, 3.8) is 0 Å². The summed E-state index contributed by atoms with van der Waals surface area (Å²) in [5.41, 5.74) is 3.21. The number of fused-ring (bicyclic) bond motifs is 1. The van der Waals surface area contributed by atoms with Crippen molar-refractivity contribution in [1.29, 1.82) is 0 Å². The van der Waals surface area contributed by atoms with Crippen LogP contribution in [0.2, 0.25) is 0 Å². The number of benzene rings is 1. The highest BCUT2D eigenvalue weighted by Gasteiger charge is 2.46. The second-order valence-electron chi connectivity index (χ2n) is 8.36. The summed E-state index contributed by atoms with van der Waals surface area (Å²) in [7, 11) is 9.91. The Hall–Kier alpha value is -0.520. The molecule has 0 saturated heterocycles. The van der Waals surface area contributed by atoms with E-state index in [0.29, 0.717) is 10.4 Å². The Morgan fingerprint density at radius 2 is 1.45 bits per heavy atom. The van der Waals surface area contributed by atoms with Crippen molar-refractivity contribution < 1.29 is 0 Å². The fraction of sp³-hybridized carbons (Fsp3) is 0.625. The largest absolute Gasteiger partial charge is 0.105 e. The van der Waals surface area contributed by atoms with Gasteiger partial charge in [-0.15, -0.1) is 0 Å². The summed E-state index contributed by atoms with van der Waals surface area (Å²) < 4.78 is 0. The molecular formula is C16H26B4. The first-order valence-electron chi connectivity index (χ1n) is 8.53. The normalized spacial score (nSPS) is 28.7. The number of rotatable bonds is 1. The van der Waals surface area contributed by atoms with E-state index >= 15 is 0 Å². The van der Waals surface area contributed by atoms with Gasteiger partial charge in [0.2, 0.25) is 0 Å². The minimum atomic E-state index is 0.341. The van der Waals surface area contributed by atoms with Gasteiger partial charge in [0.15, 0.2) is 0 Å². The van der Waals surface area contributed by atoms with E-state index in [4.69, 9.17) is 0 Å². The van der Waals surface area contributed by atoms with E-state index in [1.807, 2.05) is 0 Å². The third-order valence-corrected chi connectivity index (χ3v) is 6.23. The monoisotopic (exact) mass is 262 g/mol. The van der Waals surface area contributed by atoms with E-state index in [1.165, 1.54) is 38.5 Å². The maximum Gasteiger partial charge on any atom is 0.105 e. The Morgan fingerprint density at radius 3 is 2.10 bits per heavy atom. The lowest BCUT2D eigenvalue weighted by molar-refractivity contribution is 0.199. The van der Waals surface area contributed by atoms with Crippen LogP contribution in [0.15, 0.2) is 24.3 Å². The average Bonchev–Trinajstić information content (AvgIpc) is 2.45. The first kappa shape index (κ1) is 14.4. The minimum absolute atomic E-state index is 0.341. The molecule has 2 aliphatic carbocycles. The van der Waals surface area contributed by atoms with Crippen LogP contribution in [0.25, 0.3) is 0 Å². The Bertz CT molecular complexity index is 489. The summed E-state index contributed by atoms with van der Waals surface area (Å²) in [5, 5.41) is 0.683. The van der Waals surface area contributed by atoms with Crippen LogP contribution in [0.5, 0.6) is 0 Å². The Morgan fingerprint density at radius 1 is 0.850 bits per heavy atom. The maximum atomic E-state index is 2.50. The Labute approximate surface area is 128 Å². The third-order valence-electron chi connectivity index (χ3n) is 6.23. The maximum absolute atomic E-state index is 2.50. The molecule has 2 aliphatic rings. The lowest BCUT2D eigenvalue weighted by Gasteiger charge is -2.52. The molecule has 0 bridgehead atoms. The van der Waals surface area contributed by atoms with E-state index in [1.54, 1.807) is 11.1 Å². The number of hydrogen-bond acceptors (Lipinski definition) is 0. The molecule has 0 nitrogen and oxygen atoms in total. The fourth-order valence-corrected chi connectivity index (χ4v) is 5.04. The zero-order chi connectivity index (χ0) is 14.4. The van der Waals surface area contributed by atoms with Crippen molar-refractivity contribution in [2.24, 2.45) is 11.8 Å². The topological polar surface area (TPSA) is 0 Å². The quantitative estimate of drug-likeness (QED) is 0.630. The highest BCUT2D eigenvalue weighted by molar-refractivity contribution is 6.44. The second kappa shape index (κ2) is 5.04. The summed E-state index contributed by atoms with van der Waals surface area (Å²) in [6.45, 7) is 0. The van der Waals surface area contributed by atoms with Gasteiger partial charge in [-0.1, -0.05) is 84.3 Å². The van der Waals surface area contributed by atoms with E-state index in [2.05, 4.69) is 55.7 Å². The van der Waals surface area contributed by atoms with Crippen LogP contribution >= 0.6 is 0 Å². The summed E-state index contributed by atoms with van der Waals surface area (Å²) >= 11 is 0. The molecule has 1 saturated carbocycles. The summed E-state index contributed by atoms with van der Waals surface area (Å²) in [6, 6.07) is 9.22. The van der Waals surface area contributed by atoms with Crippen molar-refractivity contribution in [2.75, 3.05) is 0 Å². The van der Waals surface area contributed by atoms with Gasteiger partial charge in [-0.2, -0.15) is 0 Å². The van der Waals surface area contributed by atoms with Crippen molar-refractivity contribution in [3.8, 4) is 0 Å². The van der Waals surface area contributed by atoms with Crippen molar-refractivity contribution in [2.45, 2.75) is 49.0 Å². The van der Waals surface area contributed by atoms with Gasteiger partial charge in [-0.25, -0.2) is 0 Å². The van der Waals surface area contributed by atoms with Gasteiger partial charge < -0.3 is 0 Å². The minimum Gasteiger partial charge on any atom is -0.0620 e. The van der Waals surface area contributed by atoms with Gasteiger partial charge in [0.05, 0.1) is 0 Å². The molecule has 0 amide bonds. The zero-order valence-electron chi connectivity index (χ0n) is 13.7. The van der Waals surface area contributed by atoms with Crippen LogP contribution in [0.1, 0.15) is 49.7 Å². The van der Waals surface area contributed by atoms with Gasteiger partial charge in [0.25, 0.3) is 0 Å². The van der Waals surface area contributed by atoms with Crippen LogP contribution < -0.4 is 0 Å². The third kappa shape index (κ3) is 2.30. The smallest absolute Gasteiger partial charge is 0.0620 e. The van der Waals surface area contributed by atoms with Gasteiger partial charge in [0.1, 0.15) is 31.4 Å². The molecule has 4 heteroatoms. The fourth-order valence-electron chi connectivity index (χ4n) is 5.04. The molecule has 0 N–H and O–H groups in total. The Kier molecular flexibility index (Phi) is 3.63. The molecule has 20 heavy (non-hydrogen) atoms. The van der Waals surface area contributed by atoms with E-state index < -0.39 is 0 Å². The highest BCUT2D eigenvalue weighted by atomic mass is 14.4. The predicted molar refractivity (Wildman–Crippen MR) is 98.7 cm³/mol. The Balaban J connectivity index is 2.02. The first-order valence-corrected chi connectivity index (χ1v) is 8.53. The number of hydrogen-bond donors (Lipinski definition) is 0. The predicted octanol–water partition coefficient (Wildman–Crippen LogP) is 0.125. The molecule has 0 radical (unpaired) electrons. The zero-order valence-corrected chi connectivity index (χ0v) is 13.7. The second-order valence-corrected chi connectivity index (χ2v) is 8.36. The van der Waals surface area contributed by atoms with Crippen LogP contribution in [0.3, 0.4) is 0 Å². The van der Waals surface area contributed by atoms with Gasteiger partial charge in [-0.05, 0) is 11.8 Å². The molecule has 1 unspecified atom stereocenters. The first-order chi connectivity index (χ1) is 9.43. The average molecular weight is 262 g/mol. The van der Waals surface area contributed by atoms with Crippen LogP contribution in [0, 0.1) is 11.8 Å². The molecule has 102 valence electrons. The molecule has 1 aromatic rings. The lowest BCUT2D eigenvalue weighted by atomic mass is 9.32. The molecule has 3 rings (SSSR count). The van der Waals surface area contributed by atoms with E-state index in [9.17, 15) is 0 Å². The molecule has 0 aliphatic heterocycles. The van der Waals surface area contributed by atoms with Crippen molar-refractivity contribution >= 4 is 31.4 Å². The van der Waals surface area contributed by atoms with Gasteiger partial charge in [-0.3, -0.25) is 0 Å². The molecule has 1 fully saturated rings. The van der Waals surface area contributed by atoms with E-state index in [0.717, 1.165) is 11.8 Å². The van der Waals surface area contributed by atoms with Gasteiger partial charge >= 0.3 is 0 Å². The summed E-state index contributed by atoms with van der Waals surface area (Å²) in [6.07, 6.45) is 8.67. The van der Waals surface area contributed by atoms with Gasteiger partial charge in [0, 0.05) is 0 Å². The molecule has 0 aromatic heterocycles. The van der Waals surface area contributed by atoms with Crippen LogP contribution in [-0.4, -0.2) is 31.4 Å². The van der Waals surface area contributed by atoms with Crippen molar-refractivity contribution in [1.82, 2.24) is 0 Å². The van der Waals surface area contributed by atoms with Crippen LogP contribution in [0.4, 0.5) is 0 Å². The van der Waals surface area contributed by atoms with Crippen molar-refractivity contribution in [3.05, 3.63) is 35.4 Å². The van der Waals surface area contributed by atoms with Crippen LogP contribution in [-0.2, 0) is 10.4 Å². The lowest BCUT2D eigenvalue weighted by Crippen LogP contribution is -2.51. The summed E-state index contributed by atoms with van der Waals surface area (Å²) in [5.74, 6) is 1.80. The molecule has 1 aromatic carbocycles. The highest BCUT2D eigenvalue weighted by Crippen LogP contribution is 2.49. The molecule has 0 heterocycles. The van der Waals surface area contributed by atoms with E-state index in [-0.39, 0.29) is 0 Å².